The fraction of sp³-hybridized carbons (Fsp3) is 0.973. The van der Waals surface area contributed by atoms with Crippen molar-refractivity contribution in [1.82, 2.24) is 5.32 Å². The quantitative estimate of drug-likeness (QED) is 0.0662. The number of aliphatic hydroxyl groups excluding tert-OH is 2. The van der Waals surface area contributed by atoms with Gasteiger partial charge in [-0.05, 0) is 12.8 Å². The number of carbonyl (C=O) groups excluding carboxylic acids is 1. The Balaban J connectivity index is 3.29. The summed E-state index contributed by atoms with van der Waals surface area (Å²) in [7, 11) is 0. The van der Waals surface area contributed by atoms with Crippen LogP contribution in [0.15, 0.2) is 0 Å². The van der Waals surface area contributed by atoms with Gasteiger partial charge in [-0.25, -0.2) is 0 Å². The minimum atomic E-state index is -0.649. The first-order chi connectivity index (χ1) is 20.2. The summed E-state index contributed by atoms with van der Waals surface area (Å²) in [6.45, 7) is 4.21. The lowest BCUT2D eigenvalue weighted by molar-refractivity contribution is -0.123. The van der Waals surface area contributed by atoms with Crippen molar-refractivity contribution < 1.29 is 15.0 Å². The van der Waals surface area contributed by atoms with Crippen LogP contribution in [0.1, 0.15) is 213 Å². The number of nitrogens with one attached hydrogen (secondary N) is 1. The molecule has 0 heterocycles. The Bertz CT molecular complexity index is 512. The number of unbranched alkanes of at least 4 members (excludes halogenated alkanes) is 27. The predicted octanol–water partition coefficient (Wildman–Crippen LogP) is 11.0. The van der Waals surface area contributed by atoms with Gasteiger partial charge in [0.1, 0.15) is 0 Å². The van der Waals surface area contributed by atoms with Gasteiger partial charge in [-0.3, -0.25) is 4.79 Å². The molecule has 0 spiro atoms. The molecule has 4 nitrogen and oxygen atoms in total. The van der Waals surface area contributed by atoms with Crippen LogP contribution in [0.2, 0.25) is 0 Å². The molecule has 0 aromatic carbocycles. The number of amides is 1. The lowest BCUT2D eigenvalue weighted by Crippen LogP contribution is -2.45. The van der Waals surface area contributed by atoms with Gasteiger partial charge < -0.3 is 15.5 Å². The van der Waals surface area contributed by atoms with E-state index in [2.05, 4.69) is 19.2 Å². The van der Waals surface area contributed by atoms with Crippen molar-refractivity contribution in [3.05, 3.63) is 0 Å². The molecule has 0 aromatic rings. The monoisotopic (exact) mass is 582 g/mol. The van der Waals surface area contributed by atoms with Crippen LogP contribution >= 0.6 is 0 Å². The first-order valence-electron chi connectivity index (χ1n) is 18.7. The van der Waals surface area contributed by atoms with Gasteiger partial charge in [0.2, 0.25) is 5.91 Å². The highest BCUT2D eigenvalue weighted by Crippen LogP contribution is 2.16. The third-order valence-corrected chi connectivity index (χ3v) is 8.87. The van der Waals surface area contributed by atoms with E-state index in [9.17, 15) is 15.0 Å². The molecule has 2 atom stereocenters. The minimum absolute atomic E-state index is 0.0541. The first-order valence-corrected chi connectivity index (χ1v) is 18.7. The molecule has 0 saturated carbocycles. The Morgan fingerprint density at radius 3 is 1.10 bits per heavy atom. The van der Waals surface area contributed by atoms with Crippen molar-refractivity contribution in [2.24, 2.45) is 0 Å². The van der Waals surface area contributed by atoms with Crippen LogP contribution in [0.25, 0.3) is 0 Å². The molecule has 0 aliphatic rings. The molecule has 0 radical (unpaired) electrons. The molecule has 0 fully saturated rings. The largest absolute Gasteiger partial charge is 0.394 e. The molecular weight excluding hydrogens is 506 g/mol. The second kappa shape index (κ2) is 33.9. The second-order valence-electron chi connectivity index (χ2n) is 13.0. The number of hydrogen-bond acceptors (Lipinski definition) is 3. The van der Waals surface area contributed by atoms with Gasteiger partial charge in [0.25, 0.3) is 0 Å². The van der Waals surface area contributed by atoms with Gasteiger partial charge >= 0.3 is 0 Å². The third-order valence-electron chi connectivity index (χ3n) is 8.87. The summed E-state index contributed by atoms with van der Waals surface area (Å²) >= 11 is 0. The van der Waals surface area contributed by atoms with Crippen molar-refractivity contribution in [2.45, 2.75) is 225 Å². The normalized spacial score (nSPS) is 13.0. The summed E-state index contributed by atoms with van der Waals surface area (Å²) in [4.78, 5) is 12.0. The highest BCUT2D eigenvalue weighted by atomic mass is 16.3. The average molecular weight is 582 g/mol. The van der Waals surface area contributed by atoms with E-state index in [1.54, 1.807) is 0 Å². The first kappa shape index (κ1) is 40.4. The van der Waals surface area contributed by atoms with E-state index in [1.165, 1.54) is 154 Å². The van der Waals surface area contributed by atoms with Gasteiger partial charge in [-0.1, -0.05) is 194 Å². The Morgan fingerprint density at radius 1 is 0.488 bits per heavy atom. The molecule has 0 aliphatic carbocycles. The molecule has 4 heteroatoms. The van der Waals surface area contributed by atoms with E-state index in [0.717, 1.165) is 32.1 Å². The summed E-state index contributed by atoms with van der Waals surface area (Å²) < 4.78 is 0. The molecule has 41 heavy (non-hydrogen) atoms. The zero-order valence-corrected chi connectivity index (χ0v) is 28.1. The van der Waals surface area contributed by atoms with E-state index in [-0.39, 0.29) is 12.5 Å². The average Bonchev–Trinajstić information content (AvgIpc) is 2.97. The molecule has 0 saturated heterocycles. The van der Waals surface area contributed by atoms with Crippen LogP contribution in [0.3, 0.4) is 0 Å². The highest BCUT2D eigenvalue weighted by Gasteiger charge is 2.19. The van der Waals surface area contributed by atoms with Gasteiger partial charge in [-0.2, -0.15) is 0 Å². The topological polar surface area (TPSA) is 69.6 Å². The van der Waals surface area contributed by atoms with Crippen LogP contribution in [0.4, 0.5) is 0 Å². The Labute approximate surface area is 257 Å². The molecule has 0 bridgehead atoms. The molecule has 2 unspecified atom stereocenters. The number of hydrogen-bond donors (Lipinski definition) is 3. The van der Waals surface area contributed by atoms with Crippen molar-refractivity contribution in [1.29, 1.82) is 0 Å². The lowest BCUT2D eigenvalue weighted by atomic mass is 10.0. The Kier molecular flexibility index (Phi) is 33.4. The van der Waals surface area contributed by atoms with Gasteiger partial charge in [0.05, 0.1) is 18.8 Å². The summed E-state index contributed by atoms with van der Waals surface area (Å²) in [5.74, 6) is -0.0541. The van der Waals surface area contributed by atoms with E-state index >= 15 is 0 Å². The van der Waals surface area contributed by atoms with Crippen molar-refractivity contribution >= 4 is 5.91 Å². The third kappa shape index (κ3) is 30.6. The maximum absolute atomic E-state index is 12.0. The zero-order valence-electron chi connectivity index (χ0n) is 28.1. The number of carbonyl (C=O) groups is 1. The smallest absolute Gasteiger partial charge is 0.220 e. The standard InChI is InChI=1S/C37H75NO3/c1-3-5-7-8-9-10-11-12-13-14-15-16-17-18-19-20-21-22-23-24-25-26-27-28-29-31-32-36(40)35(34-39)38-37(41)33-30-6-4-2/h35-36,39-40H,3-34H2,1-2H3,(H,38,41). The van der Waals surface area contributed by atoms with E-state index < -0.39 is 12.1 Å². The van der Waals surface area contributed by atoms with Crippen LogP contribution < -0.4 is 5.32 Å². The van der Waals surface area contributed by atoms with Crippen molar-refractivity contribution in [3.8, 4) is 0 Å². The minimum Gasteiger partial charge on any atom is -0.394 e. The van der Waals surface area contributed by atoms with Gasteiger partial charge in [0, 0.05) is 6.42 Å². The fourth-order valence-electron chi connectivity index (χ4n) is 5.95. The molecule has 3 N–H and O–H groups in total. The van der Waals surface area contributed by atoms with Gasteiger partial charge in [0.15, 0.2) is 0 Å². The molecule has 0 rings (SSSR count). The van der Waals surface area contributed by atoms with Crippen LogP contribution in [0.5, 0.6) is 0 Å². The summed E-state index contributed by atoms with van der Waals surface area (Å²) in [5.41, 5.74) is 0. The zero-order chi connectivity index (χ0) is 30.1. The Morgan fingerprint density at radius 2 is 0.780 bits per heavy atom. The fourth-order valence-corrected chi connectivity index (χ4v) is 5.95. The van der Waals surface area contributed by atoms with Crippen LogP contribution in [-0.4, -0.2) is 34.9 Å². The molecule has 0 aromatic heterocycles. The molecule has 246 valence electrons. The van der Waals surface area contributed by atoms with E-state index in [0.29, 0.717) is 12.8 Å². The molecular formula is C37H75NO3. The van der Waals surface area contributed by atoms with Gasteiger partial charge in [-0.15, -0.1) is 0 Å². The molecule has 0 aliphatic heterocycles. The SMILES string of the molecule is CCCCCCCCCCCCCCCCCCCCCCCCCCCCC(O)C(CO)NC(=O)CCCCC. The van der Waals surface area contributed by atoms with E-state index in [1.807, 2.05) is 0 Å². The highest BCUT2D eigenvalue weighted by molar-refractivity contribution is 5.76. The number of rotatable bonds is 34. The van der Waals surface area contributed by atoms with Crippen LogP contribution in [-0.2, 0) is 4.79 Å². The van der Waals surface area contributed by atoms with Crippen molar-refractivity contribution in [2.75, 3.05) is 6.61 Å². The lowest BCUT2D eigenvalue weighted by Gasteiger charge is -2.22. The van der Waals surface area contributed by atoms with Crippen LogP contribution in [0, 0.1) is 0 Å². The number of aliphatic hydroxyl groups is 2. The maximum atomic E-state index is 12.0. The molecule has 1 amide bonds. The second-order valence-corrected chi connectivity index (χ2v) is 13.0. The maximum Gasteiger partial charge on any atom is 0.220 e. The summed E-state index contributed by atoms with van der Waals surface area (Å²) in [6, 6.07) is -0.525. The summed E-state index contributed by atoms with van der Waals surface area (Å²) in [6.07, 6.45) is 39.6. The van der Waals surface area contributed by atoms with E-state index in [4.69, 9.17) is 0 Å². The summed E-state index contributed by atoms with van der Waals surface area (Å²) in [5, 5.41) is 22.7. The van der Waals surface area contributed by atoms with Crippen molar-refractivity contribution in [3.63, 3.8) is 0 Å². The Hall–Kier alpha value is -0.610. The predicted molar refractivity (Wildman–Crippen MR) is 179 cm³/mol.